The zero-order chi connectivity index (χ0) is 21.8. The van der Waals surface area contributed by atoms with E-state index < -0.39 is 5.82 Å². The van der Waals surface area contributed by atoms with Crippen LogP contribution in [0.5, 0.6) is 0 Å². The number of thiazole rings is 1. The van der Waals surface area contributed by atoms with Crippen molar-refractivity contribution in [1.82, 2.24) is 9.88 Å². The Balaban J connectivity index is 1.35. The van der Waals surface area contributed by atoms with Gasteiger partial charge >= 0.3 is 0 Å². The van der Waals surface area contributed by atoms with E-state index in [1.807, 2.05) is 35.7 Å². The summed E-state index contributed by atoms with van der Waals surface area (Å²) in [5.41, 5.74) is 2.08. The fourth-order valence-electron chi connectivity index (χ4n) is 2.89. The highest BCUT2D eigenvalue weighted by Gasteiger charge is 2.32. The summed E-state index contributed by atoms with van der Waals surface area (Å²) in [5.74, 6) is -1.00. The van der Waals surface area contributed by atoms with Crippen molar-refractivity contribution < 1.29 is 14.0 Å². The Morgan fingerprint density at radius 3 is 2.68 bits per heavy atom. The third-order valence-electron chi connectivity index (χ3n) is 4.45. The van der Waals surface area contributed by atoms with Crippen LogP contribution in [-0.4, -0.2) is 32.6 Å². The van der Waals surface area contributed by atoms with Crippen molar-refractivity contribution in [1.29, 1.82) is 0 Å². The van der Waals surface area contributed by atoms with Crippen molar-refractivity contribution in [2.24, 2.45) is 0 Å². The third-order valence-corrected chi connectivity index (χ3v) is 6.58. The predicted molar refractivity (Wildman–Crippen MR) is 127 cm³/mol. The summed E-state index contributed by atoms with van der Waals surface area (Å²) in [5, 5.41) is 5.13. The lowest BCUT2D eigenvalue weighted by molar-refractivity contribution is -0.122. The number of hydrogen-bond acceptors (Lipinski definition) is 6. The number of thiocarbonyl (C=S) groups is 1. The van der Waals surface area contributed by atoms with Gasteiger partial charge in [-0.2, -0.15) is 0 Å². The van der Waals surface area contributed by atoms with Gasteiger partial charge in [-0.3, -0.25) is 14.5 Å². The number of anilines is 1. The van der Waals surface area contributed by atoms with Gasteiger partial charge in [0.15, 0.2) is 5.13 Å². The monoisotopic (exact) mass is 469 g/mol. The van der Waals surface area contributed by atoms with Gasteiger partial charge < -0.3 is 5.32 Å². The molecule has 1 aromatic heterocycles. The van der Waals surface area contributed by atoms with Crippen molar-refractivity contribution in [2.75, 3.05) is 11.9 Å². The third kappa shape index (κ3) is 5.07. The summed E-state index contributed by atoms with van der Waals surface area (Å²) < 4.78 is 14.2. The van der Waals surface area contributed by atoms with E-state index in [1.54, 1.807) is 18.2 Å². The Labute approximate surface area is 192 Å². The van der Waals surface area contributed by atoms with Crippen molar-refractivity contribution in [3.8, 4) is 11.3 Å². The minimum absolute atomic E-state index is 0.0691. The first-order chi connectivity index (χ1) is 15.0. The average molecular weight is 470 g/mol. The van der Waals surface area contributed by atoms with E-state index in [-0.39, 0.29) is 24.8 Å². The Hall–Kier alpha value is -2.88. The van der Waals surface area contributed by atoms with E-state index in [2.05, 4.69) is 10.3 Å². The lowest BCUT2D eigenvalue weighted by Crippen LogP contribution is -2.31. The number of thioether (sulfide) groups is 1. The Morgan fingerprint density at radius 2 is 1.90 bits per heavy atom. The highest BCUT2D eigenvalue weighted by Crippen LogP contribution is 2.33. The second kappa shape index (κ2) is 9.51. The molecule has 31 heavy (non-hydrogen) atoms. The molecule has 3 aromatic rings. The number of hydrogen-bond donors (Lipinski definition) is 1. The molecule has 9 heteroatoms. The van der Waals surface area contributed by atoms with Gasteiger partial charge in [0.1, 0.15) is 10.1 Å². The van der Waals surface area contributed by atoms with E-state index in [0.29, 0.717) is 19.9 Å². The minimum atomic E-state index is -0.412. The molecule has 1 aliphatic rings. The summed E-state index contributed by atoms with van der Waals surface area (Å²) >= 11 is 7.71. The van der Waals surface area contributed by atoms with Crippen LogP contribution in [0.2, 0.25) is 0 Å². The molecule has 1 N–H and O–H groups in total. The van der Waals surface area contributed by atoms with Crippen LogP contribution in [0.3, 0.4) is 0 Å². The molecule has 4 rings (SSSR count). The van der Waals surface area contributed by atoms with Crippen LogP contribution in [0.25, 0.3) is 17.3 Å². The highest BCUT2D eigenvalue weighted by atomic mass is 32.2. The summed E-state index contributed by atoms with van der Waals surface area (Å²) in [6, 6.07) is 15.9. The Morgan fingerprint density at radius 1 is 1.16 bits per heavy atom. The van der Waals surface area contributed by atoms with Crippen LogP contribution in [0.1, 0.15) is 12.0 Å². The van der Waals surface area contributed by atoms with Crippen molar-refractivity contribution in [3.63, 3.8) is 0 Å². The number of aromatic nitrogens is 1. The first-order valence-electron chi connectivity index (χ1n) is 9.32. The van der Waals surface area contributed by atoms with Crippen LogP contribution in [0.4, 0.5) is 9.52 Å². The fraction of sp³-hybridized carbons (Fsp3) is 0.0909. The smallest absolute Gasteiger partial charge is 0.266 e. The quantitative estimate of drug-likeness (QED) is 0.398. The van der Waals surface area contributed by atoms with Crippen LogP contribution in [-0.2, 0) is 9.59 Å². The molecule has 2 heterocycles. The second-order valence-electron chi connectivity index (χ2n) is 6.56. The van der Waals surface area contributed by atoms with Crippen molar-refractivity contribution in [2.45, 2.75) is 6.42 Å². The molecule has 156 valence electrons. The van der Waals surface area contributed by atoms with Crippen LogP contribution in [0, 0.1) is 5.82 Å². The fourth-order valence-corrected chi connectivity index (χ4v) is 4.93. The van der Waals surface area contributed by atoms with Gasteiger partial charge in [-0.15, -0.1) is 11.3 Å². The topological polar surface area (TPSA) is 62.3 Å². The number of amides is 2. The van der Waals surface area contributed by atoms with Gasteiger partial charge in [-0.1, -0.05) is 72.5 Å². The number of benzene rings is 2. The SMILES string of the molecule is O=C(CCN1C(=O)/C(=C\c2ccccc2F)SC1=S)Nc1nc(-c2ccccc2)cs1. The molecular formula is C22H16FN3O2S3. The highest BCUT2D eigenvalue weighted by molar-refractivity contribution is 8.26. The molecule has 5 nitrogen and oxygen atoms in total. The van der Waals surface area contributed by atoms with Crippen LogP contribution in [0.15, 0.2) is 64.9 Å². The summed E-state index contributed by atoms with van der Waals surface area (Å²) in [4.78, 5) is 31.1. The molecule has 0 spiro atoms. The summed E-state index contributed by atoms with van der Waals surface area (Å²) in [7, 11) is 0. The standard InChI is InChI=1S/C22H16FN3O2S3/c23-16-9-5-4-8-15(16)12-18-20(28)26(22(29)31-18)11-10-19(27)25-21-24-17(13-30-21)14-6-2-1-3-7-14/h1-9,12-13H,10-11H2,(H,24,25,27)/b18-12+. The first kappa shape index (κ1) is 21.4. The number of nitrogens with zero attached hydrogens (tertiary/aromatic N) is 2. The predicted octanol–water partition coefficient (Wildman–Crippen LogP) is 5.18. The first-order valence-corrected chi connectivity index (χ1v) is 11.4. The number of carbonyl (C=O) groups is 2. The maximum atomic E-state index is 13.9. The van der Waals surface area contributed by atoms with Crippen LogP contribution >= 0.6 is 35.3 Å². The zero-order valence-corrected chi connectivity index (χ0v) is 18.5. The number of nitrogens with one attached hydrogen (secondary N) is 1. The van der Waals surface area contributed by atoms with Crippen molar-refractivity contribution in [3.05, 3.63) is 76.3 Å². The maximum Gasteiger partial charge on any atom is 0.266 e. The van der Waals surface area contributed by atoms with E-state index in [4.69, 9.17) is 12.2 Å². The molecule has 2 amide bonds. The van der Waals surface area contributed by atoms with Gasteiger partial charge in [0.05, 0.1) is 10.6 Å². The maximum absolute atomic E-state index is 13.9. The van der Waals surface area contributed by atoms with Crippen molar-refractivity contribution >= 4 is 62.7 Å². The van der Waals surface area contributed by atoms with Gasteiger partial charge in [0, 0.05) is 29.5 Å². The number of carbonyl (C=O) groups excluding carboxylic acids is 2. The molecule has 0 saturated carbocycles. The Kier molecular flexibility index (Phi) is 6.55. The molecule has 0 aliphatic carbocycles. The normalized spacial score (nSPS) is 15.0. The van der Waals surface area contributed by atoms with E-state index in [1.165, 1.54) is 28.4 Å². The minimum Gasteiger partial charge on any atom is -0.302 e. The molecule has 2 aromatic carbocycles. The van der Waals surface area contributed by atoms with Crippen LogP contribution < -0.4 is 5.32 Å². The summed E-state index contributed by atoms with van der Waals surface area (Å²) in [6.45, 7) is 0.141. The van der Waals surface area contributed by atoms with E-state index in [9.17, 15) is 14.0 Å². The molecule has 0 radical (unpaired) electrons. The lowest BCUT2D eigenvalue weighted by Gasteiger charge is -2.13. The summed E-state index contributed by atoms with van der Waals surface area (Å²) in [6.07, 6.45) is 1.55. The second-order valence-corrected chi connectivity index (χ2v) is 9.09. The van der Waals surface area contributed by atoms with Gasteiger partial charge in [0.2, 0.25) is 5.91 Å². The lowest BCUT2D eigenvalue weighted by atomic mass is 10.2. The molecule has 1 aliphatic heterocycles. The molecule has 1 saturated heterocycles. The van der Waals surface area contributed by atoms with Gasteiger partial charge in [0.25, 0.3) is 5.91 Å². The molecule has 0 bridgehead atoms. The van der Waals surface area contributed by atoms with Gasteiger partial charge in [-0.25, -0.2) is 9.37 Å². The number of halogens is 1. The Bertz CT molecular complexity index is 1180. The largest absolute Gasteiger partial charge is 0.302 e. The molecule has 1 fully saturated rings. The molecular weight excluding hydrogens is 453 g/mol. The average Bonchev–Trinajstić information content (AvgIpc) is 3.33. The molecule has 0 unspecified atom stereocenters. The van der Waals surface area contributed by atoms with Gasteiger partial charge in [-0.05, 0) is 12.1 Å². The molecule has 0 atom stereocenters. The zero-order valence-electron chi connectivity index (χ0n) is 16.1. The van der Waals surface area contributed by atoms with E-state index in [0.717, 1.165) is 23.0 Å². The number of rotatable bonds is 6. The van der Waals surface area contributed by atoms with E-state index >= 15 is 0 Å².